The van der Waals surface area contributed by atoms with Gasteiger partial charge in [-0.3, -0.25) is 4.99 Å². The van der Waals surface area contributed by atoms with Crippen LogP contribution in [0, 0.1) is 11.6 Å². The van der Waals surface area contributed by atoms with Crippen molar-refractivity contribution in [3.63, 3.8) is 0 Å². The summed E-state index contributed by atoms with van der Waals surface area (Å²) < 4.78 is 26.5. The molecule has 0 radical (unpaired) electrons. The van der Waals surface area contributed by atoms with Gasteiger partial charge in [-0.1, -0.05) is 11.8 Å². The van der Waals surface area contributed by atoms with Crippen LogP contribution in [0.2, 0.25) is 0 Å². The first-order valence-electron chi connectivity index (χ1n) is 4.25. The molecule has 1 aromatic rings. The highest BCUT2D eigenvalue weighted by atomic mass is 79.9. The minimum Gasteiger partial charge on any atom is -0.332 e. The highest BCUT2D eigenvalue weighted by molar-refractivity contribution is 9.10. The van der Waals surface area contributed by atoms with E-state index in [-0.39, 0.29) is 5.69 Å². The van der Waals surface area contributed by atoms with Gasteiger partial charge in [0.05, 0.1) is 12.2 Å². The fourth-order valence-corrected chi connectivity index (χ4v) is 2.42. The van der Waals surface area contributed by atoms with E-state index in [0.717, 1.165) is 18.4 Å². The van der Waals surface area contributed by atoms with Gasteiger partial charge in [-0.25, -0.2) is 8.78 Å². The number of thioether (sulfide) groups is 1. The Morgan fingerprint density at radius 3 is 2.80 bits per heavy atom. The van der Waals surface area contributed by atoms with E-state index in [1.54, 1.807) is 0 Å². The Labute approximate surface area is 98.3 Å². The molecule has 15 heavy (non-hydrogen) atoms. The number of hydrogen-bond acceptors (Lipinski definition) is 3. The molecule has 1 aliphatic heterocycles. The fraction of sp³-hybridized carbons (Fsp3) is 0.222. The van der Waals surface area contributed by atoms with E-state index in [1.165, 1.54) is 17.8 Å². The van der Waals surface area contributed by atoms with Gasteiger partial charge in [0.1, 0.15) is 5.82 Å². The molecule has 0 atom stereocenters. The van der Waals surface area contributed by atoms with Gasteiger partial charge in [-0.2, -0.15) is 0 Å². The Hall–Kier alpha value is -0.620. The Bertz CT molecular complexity index is 400. The Morgan fingerprint density at radius 1 is 1.40 bits per heavy atom. The van der Waals surface area contributed by atoms with E-state index in [4.69, 9.17) is 0 Å². The van der Waals surface area contributed by atoms with Gasteiger partial charge in [0, 0.05) is 16.3 Å². The highest BCUT2D eigenvalue weighted by Crippen LogP contribution is 2.28. The van der Waals surface area contributed by atoms with Crippen LogP contribution in [0.3, 0.4) is 0 Å². The third kappa shape index (κ3) is 2.49. The van der Waals surface area contributed by atoms with Crippen molar-refractivity contribution in [3.05, 3.63) is 28.2 Å². The smallest absolute Gasteiger partial charge is 0.161 e. The van der Waals surface area contributed by atoms with Crippen LogP contribution in [0.1, 0.15) is 0 Å². The van der Waals surface area contributed by atoms with E-state index in [0.29, 0.717) is 9.64 Å². The minimum absolute atomic E-state index is 0.226. The quantitative estimate of drug-likeness (QED) is 0.859. The molecule has 0 bridgehead atoms. The van der Waals surface area contributed by atoms with Gasteiger partial charge in [-0.05, 0) is 22.0 Å². The van der Waals surface area contributed by atoms with Crippen LogP contribution in [0.15, 0.2) is 21.6 Å². The van der Waals surface area contributed by atoms with Crippen LogP contribution in [-0.4, -0.2) is 17.5 Å². The summed E-state index contributed by atoms with van der Waals surface area (Å²) in [5.74, 6) is -0.342. The van der Waals surface area contributed by atoms with Crippen molar-refractivity contribution in [1.29, 1.82) is 0 Å². The van der Waals surface area contributed by atoms with Crippen molar-refractivity contribution < 1.29 is 8.78 Å². The summed E-state index contributed by atoms with van der Waals surface area (Å²) in [6.07, 6.45) is 0. The van der Waals surface area contributed by atoms with Crippen LogP contribution < -0.4 is 5.32 Å². The molecule has 2 rings (SSSR count). The first-order chi connectivity index (χ1) is 7.16. The van der Waals surface area contributed by atoms with Crippen molar-refractivity contribution in [1.82, 2.24) is 0 Å². The lowest BCUT2D eigenvalue weighted by Gasteiger charge is -2.08. The van der Waals surface area contributed by atoms with Gasteiger partial charge in [0.25, 0.3) is 0 Å². The number of halogens is 3. The zero-order valence-corrected chi connectivity index (χ0v) is 9.96. The van der Waals surface area contributed by atoms with Crippen LogP contribution in [0.25, 0.3) is 0 Å². The zero-order valence-electron chi connectivity index (χ0n) is 7.56. The Kier molecular flexibility index (Phi) is 3.25. The monoisotopic (exact) mass is 292 g/mol. The van der Waals surface area contributed by atoms with Crippen LogP contribution in [0.4, 0.5) is 14.5 Å². The number of nitrogens with one attached hydrogen (secondary N) is 1. The van der Waals surface area contributed by atoms with Crippen LogP contribution in [0.5, 0.6) is 0 Å². The first-order valence-corrected chi connectivity index (χ1v) is 6.03. The minimum atomic E-state index is -0.628. The van der Waals surface area contributed by atoms with E-state index in [9.17, 15) is 8.78 Å². The van der Waals surface area contributed by atoms with Gasteiger partial charge < -0.3 is 5.32 Å². The molecule has 1 heterocycles. The Balaban J connectivity index is 2.27. The van der Waals surface area contributed by atoms with Crippen molar-refractivity contribution >= 4 is 38.5 Å². The van der Waals surface area contributed by atoms with Crippen molar-refractivity contribution in [2.45, 2.75) is 0 Å². The molecule has 0 spiro atoms. The summed E-state index contributed by atoms with van der Waals surface area (Å²) >= 11 is 4.61. The molecule has 0 aromatic heterocycles. The molecule has 0 unspecified atom stereocenters. The second kappa shape index (κ2) is 4.49. The summed E-state index contributed by atoms with van der Waals surface area (Å²) in [5, 5.41) is 3.50. The molecule has 1 aromatic carbocycles. The number of anilines is 1. The van der Waals surface area contributed by atoms with Crippen LogP contribution >= 0.6 is 27.7 Å². The van der Waals surface area contributed by atoms with Gasteiger partial charge in [0.2, 0.25) is 0 Å². The van der Waals surface area contributed by atoms with Crippen LogP contribution in [-0.2, 0) is 0 Å². The topological polar surface area (TPSA) is 24.4 Å². The first kappa shape index (κ1) is 10.9. The van der Waals surface area contributed by atoms with E-state index >= 15 is 0 Å². The molecule has 1 N–H and O–H groups in total. The number of benzene rings is 1. The average Bonchev–Trinajstić information content (AvgIpc) is 2.63. The van der Waals surface area contributed by atoms with Crippen molar-refractivity contribution in [3.8, 4) is 0 Å². The number of nitrogens with zero attached hydrogens (tertiary/aromatic N) is 1. The van der Waals surface area contributed by atoms with Gasteiger partial charge in [0.15, 0.2) is 11.0 Å². The normalized spacial score (nSPS) is 15.3. The van der Waals surface area contributed by atoms with Gasteiger partial charge in [-0.15, -0.1) is 0 Å². The predicted molar refractivity (Wildman–Crippen MR) is 62.4 cm³/mol. The molecule has 6 heteroatoms. The molecule has 0 fully saturated rings. The number of aliphatic imine (C=N–C) groups is 1. The fourth-order valence-electron chi connectivity index (χ4n) is 1.18. The maximum atomic E-state index is 13.4. The lowest BCUT2D eigenvalue weighted by molar-refractivity contribution is 0.585. The molecule has 2 nitrogen and oxygen atoms in total. The molecule has 0 saturated carbocycles. The Morgan fingerprint density at radius 2 is 2.20 bits per heavy atom. The maximum Gasteiger partial charge on any atom is 0.161 e. The summed E-state index contributed by atoms with van der Waals surface area (Å²) in [6, 6.07) is 2.05. The second-order valence-electron chi connectivity index (χ2n) is 2.90. The largest absolute Gasteiger partial charge is 0.332 e. The van der Waals surface area contributed by atoms with Gasteiger partial charge >= 0.3 is 0 Å². The third-order valence-electron chi connectivity index (χ3n) is 1.82. The maximum absolute atomic E-state index is 13.4. The summed E-state index contributed by atoms with van der Waals surface area (Å²) in [6.45, 7) is 0.730. The molecule has 80 valence electrons. The second-order valence-corrected chi connectivity index (χ2v) is 4.84. The zero-order chi connectivity index (χ0) is 10.8. The third-order valence-corrected chi connectivity index (χ3v) is 3.34. The molecular weight excluding hydrogens is 286 g/mol. The highest BCUT2D eigenvalue weighted by Gasteiger charge is 2.13. The molecule has 0 aliphatic carbocycles. The molecule has 0 saturated heterocycles. The van der Waals surface area contributed by atoms with Crippen molar-refractivity contribution in [2.75, 3.05) is 17.6 Å². The lowest BCUT2D eigenvalue weighted by Crippen LogP contribution is -2.07. The molecule has 1 aliphatic rings. The molecule has 0 amide bonds. The SMILES string of the molecule is Fc1cc(F)c(NC2=NCCS2)c(Br)c1. The number of rotatable bonds is 1. The lowest BCUT2D eigenvalue weighted by atomic mass is 10.3. The standard InChI is InChI=1S/C9H7BrF2N2S/c10-6-3-5(11)4-7(12)8(6)14-9-13-1-2-15-9/h3-4H,1-2H2,(H,13,14). The molecular formula is C9H7BrF2N2S. The number of amidine groups is 1. The average molecular weight is 293 g/mol. The summed E-state index contributed by atoms with van der Waals surface area (Å²) in [7, 11) is 0. The summed E-state index contributed by atoms with van der Waals surface area (Å²) in [4.78, 5) is 4.12. The van der Waals surface area contributed by atoms with Crippen molar-refractivity contribution in [2.24, 2.45) is 4.99 Å². The summed E-state index contributed by atoms with van der Waals surface area (Å²) in [5.41, 5.74) is 0.226. The van der Waals surface area contributed by atoms with E-state index < -0.39 is 11.6 Å². The number of hydrogen-bond donors (Lipinski definition) is 1. The predicted octanol–water partition coefficient (Wildman–Crippen LogP) is 3.24. The van der Waals surface area contributed by atoms with E-state index in [2.05, 4.69) is 26.2 Å². The van der Waals surface area contributed by atoms with E-state index in [1.807, 2.05) is 0 Å².